The minimum Gasteiger partial charge on any atom is -0.462 e. The summed E-state index contributed by atoms with van der Waals surface area (Å²) in [7, 11) is 0. The van der Waals surface area contributed by atoms with Gasteiger partial charge in [-0.05, 0) is 20.8 Å². The number of hydrogen-bond acceptors (Lipinski definition) is 6. The van der Waals surface area contributed by atoms with Crippen molar-refractivity contribution >= 4 is 17.9 Å². The van der Waals surface area contributed by atoms with Crippen molar-refractivity contribution in [3.63, 3.8) is 0 Å². The number of esters is 3. The van der Waals surface area contributed by atoms with Crippen LogP contribution >= 0.6 is 0 Å². The summed E-state index contributed by atoms with van der Waals surface area (Å²) in [5.41, 5.74) is -0.570. The van der Waals surface area contributed by atoms with Gasteiger partial charge in [0.1, 0.15) is 18.8 Å². The largest absolute Gasteiger partial charge is 0.462 e. The number of ether oxygens (including phenoxy) is 3. The fraction of sp³-hybridized carbons (Fsp3) is 0.615. The molecule has 0 heterocycles. The Bertz CT molecular complexity index is 340. The van der Waals surface area contributed by atoms with Crippen LogP contribution in [-0.4, -0.2) is 36.7 Å². The molecule has 108 valence electrons. The average Bonchev–Trinajstić information content (AvgIpc) is 2.29. The van der Waals surface area contributed by atoms with E-state index in [1.54, 1.807) is 20.8 Å². The number of carbonyl (C=O) groups is 3. The Labute approximate surface area is 112 Å². The lowest BCUT2D eigenvalue weighted by molar-refractivity contribution is -0.158. The molecule has 0 N–H and O–H groups in total. The molecule has 0 aliphatic heterocycles. The molecule has 0 unspecified atom stereocenters. The van der Waals surface area contributed by atoms with Crippen LogP contribution in [0.3, 0.4) is 0 Å². The highest BCUT2D eigenvalue weighted by Crippen LogP contribution is 2.09. The van der Waals surface area contributed by atoms with Gasteiger partial charge in [-0.3, -0.25) is 9.59 Å². The van der Waals surface area contributed by atoms with E-state index in [0.717, 1.165) is 6.08 Å². The van der Waals surface area contributed by atoms with E-state index in [-0.39, 0.29) is 26.1 Å². The molecule has 0 radical (unpaired) electrons. The van der Waals surface area contributed by atoms with E-state index in [4.69, 9.17) is 9.47 Å². The number of carbonyl (C=O) groups excluding carboxylic acids is 3. The van der Waals surface area contributed by atoms with Gasteiger partial charge in [0, 0.05) is 6.08 Å². The minimum atomic E-state index is -0.579. The van der Waals surface area contributed by atoms with Crippen LogP contribution < -0.4 is 0 Å². The molecule has 0 atom stereocenters. The van der Waals surface area contributed by atoms with Crippen molar-refractivity contribution in [1.82, 2.24) is 0 Å². The summed E-state index contributed by atoms with van der Waals surface area (Å²) < 4.78 is 14.4. The van der Waals surface area contributed by atoms with Gasteiger partial charge in [-0.1, -0.05) is 6.58 Å². The first-order chi connectivity index (χ1) is 8.74. The van der Waals surface area contributed by atoms with E-state index in [0.29, 0.717) is 0 Å². The van der Waals surface area contributed by atoms with Gasteiger partial charge in [0.05, 0.1) is 12.8 Å². The number of rotatable bonds is 7. The topological polar surface area (TPSA) is 78.9 Å². The van der Waals surface area contributed by atoms with Crippen molar-refractivity contribution in [3.05, 3.63) is 12.7 Å². The molecule has 0 aromatic heterocycles. The van der Waals surface area contributed by atoms with Crippen molar-refractivity contribution in [3.8, 4) is 0 Å². The molecule has 0 aromatic carbocycles. The molecule has 0 aromatic rings. The zero-order valence-corrected chi connectivity index (χ0v) is 11.6. The quantitative estimate of drug-likeness (QED) is 0.301. The van der Waals surface area contributed by atoms with Crippen LogP contribution in [0.25, 0.3) is 0 Å². The van der Waals surface area contributed by atoms with Crippen molar-refractivity contribution < 1.29 is 28.6 Å². The van der Waals surface area contributed by atoms with Gasteiger partial charge in [0.2, 0.25) is 0 Å². The third-order valence-electron chi connectivity index (χ3n) is 1.71. The highest BCUT2D eigenvalue weighted by Gasteiger charge is 2.17. The van der Waals surface area contributed by atoms with Crippen LogP contribution in [0.4, 0.5) is 0 Å². The van der Waals surface area contributed by atoms with Crippen LogP contribution in [-0.2, 0) is 28.6 Å². The average molecular weight is 272 g/mol. The normalized spacial score (nSPS) is 10.5. The first kappa shape index (κ1) is 17.2. The van der Waals surface area contributed by atoms with Crippen molar-refractivity contribution in [2.75, 3.05) is 13.2 Å². The highest BCUT2D eigenvalue weighted by molar-refractivity contribution is 5.81. The smallest absolute Gasteiger partial charge is 0.330 e. The molecule has 0 saturated carbocycles. The van der Waals surface area contributed by atoms with Gasteiger partial charge >= 0.3 is 17.9 Å². The highest BCUT2D eigenvalue weighted by atomic mass is 16.6. The molecule has 0 amide bonds. The van der Waals surface area contributed by atoms with Gasteiger partial charge in [-0.15, -0.1) is 0 Å². The molecule has 0 fully saturated rings. The Hall–Kier alpha value is -1.85. The molecular weight excluding hydrogens is 252 g/mol. The van der Waals surface area contributed by atoms with E-state index in [1.807, 2.05) is 0 Å². The summed E-state index contributed by atoms with van der Waals surface area (Å²) in [6.45, 7) is 8.37. The fourth-order valence-corrected chi connectivity index (χ4v) is 1.03. The Balaban J connectivity index is 3.68. The third kappa shape index (κ3) is 11.0. The van der Waals surface area contributed by atoms with Gasteiger partial charge in [-0.2, -0.15) is 0 Å². The van der Waals surface area contributed by atoms with E-state index < -0.39 is 23.5 Å². The molecule has 19 heavy (non-hydrogen) atoms. The van der Waals surface area contributed by atoms with Crippen LogP contribution in [0.2, 0.25) is 0 Å². The van der Waals surface area contributed by atoms with E-state index >= 15 is 0 Å². The lowest BCUT2D eigenvalue weighted by Gasteiger charge is -2.19. The van der Waals surface area contributed by atoms with E-state index in [9.17, 15) is 14.4 Å². The molecular formula is C13H20O6. The second-order valence-corrected chi connectivity index (χ2v) is 4.68. The molecule has 6 heteroatoms. The summed E-state index contributed by atoms with van der Waals surface area (Å²) in [5, 5.41) is 0. The van der Waals surface area contributed by atoms with Crippen molar-refractivity contribution in [2.24, 2.45) is 0 Å². The van der Waals surface area contributed by atoms with Crippen LogP contribution in [0.5, 0.6) is 0 Å². The molecule has 0 rings (SSSR count). The monoisotopic (exact) mass is 272 g/mol. The van der Waals surface area contributed by atoms with Gasteiger partial charge in [0.25, 0.3) is 0 Å². The molecule has 0 aliphatic rings. The molecule has 0 spiro atoms. The predicted molar refractivity (Wildman–Crippen MR) is 67.2 cm³/mol. The summed E-state index contributed by atoms with van der Waals surface area (Å²) in [5.74, 6) is -1.58. The predicted octanol–water partition coefficient (Wildman–Crippen LogP) is 1.38. The van der Waals surface area contributed by atoms with E-state index in [1.165, 1.54) is 0 Å². The standard InChI is InChI=1S/C13H20O6/c1-5-10(14)17-8-9-18-11(15)6-7-12(16)19-13(2,3)4/h5H,1,6-9H2,2-4H3. The summed E-state index contributed by atoms with van der Waals surface area (Å²) >= 11 is 0. The number of hydrogen-bond donors (Lipinski definition) is 0. The van der Waals surface area contributed by atoms with Crippen molar-refractivity contribution in [1.29, 1.82) is 0 Å². The second kappa shape index (κ2) is 8.29. The third-order valence-corrected chi connectivity index (χ3v) is 1.71. The fourth-order valence-electron chi connectivity index (χ4n) is 1.03. The van der Waals surface area contributed by atoms with Crippen LogP contribution in [0.15, 0.2) is 12.7 Å². The van der Waals surface area contributed by atoms with Gasteiger partial charge < -0.3 is 14.2 Å². The molecule has 0 bridgehead atoms. The van der Waals surface area contributed by atoms with Gasteiger partial charge in [-0.25, -0.2) is 4.79 Å². The molecule has 0 saturated heterocycles. The SMILES string of the molecule is C=CC(=O)OCCOC(=O)CCC(=O)OC(C)(C)C. The van der Waals surface area contributed by atoms with Crippen LogP contribution in [0.1, 0.15) is 33.6 Å². The minimum absolute atomic E-state index is 0.0387. The Morgan fingerprint density at radius 3 is 2.05 bits per heavy atom. The van der Waals surface area contributed by atoms with Crippen molar-refractivity contribution in [2.45, 2.75) is 39.2 Å². The second-order valence-electron chi connectivity index (χ2n) is 4.68. The lowest BCUT2D eigenvalue weighted by Crippen LogP contribution is -2.24. The van der Waals surface area contributed by atoms with Crippen LogP contribution in [0, 0.1) is 0 Å². The maximum atomic E-state index is 11.3. The molecule has 0 aliphatic carbocycles. The van der Waals surface area contributed by atoms with Gasteiger partial charge in [0.15, 0.2) is 0 Å². The first-order valence-corrected chi connectivity index (χ1v) is 5.91. The summed E-state index contributed by atoms with van der Waals surface area (Å²) in [6, 6.07) is 0. The Morgan fingerprint density at radius 2 is 1.53 bits per heavy atom. The zero-order valence-electron chi connectivity index (χ0n) is 11.6. The first-order valence-electron chi connectivity index (χ1n) is 5.91. The Morgan fingerprint density at radius 1 is 1.00 bits per heavy atom. The Kier molecular flexibility index (Phi) is 7.48. The zero-order chi connectivity index (χ0) is 14.9. The maximum absolute atomic E-state index is 11.3. The summed E-state index contributed by atoms with van der Waals surface area (Å²) in [4.78, 5) is 33.2. The lowest BCUT2D eigenvalue weighted by atomic mass is 10.2. The van der Waals surface area contributed by atoms with E-state index in [2.05, 4.69) is 11.3 Å². The maximum Gasteiger partial charge on any atom is 0.330 e. The summed E-state index contributed by atoms with van der Waals surface area (Å²) in [6.07, 6.45) is 0.914. The molecule has 6 nitrogen and oxygen atoms in total.